The highest BCUT2D eigenvalue weighted by Crippen LogP contribution is 2.40. The number of piperidine rings is 1. The number of aryl methyl sites for hydroxylation is 1. The van der Waals surface area contributed by atoms with Gasteiger partial charge in [0.05, 0.1) is 4.90 Å². The van der Waals surface area contributed by atoms with Gasteiger partial charge in [0, 0.05) is 24.7 Å². The van der Waals surface area contributed by atoms with Gasteiger partial charge in [0.2, 0.25) is 10.0 Å². The molecule has 110 valence electrons. The number of hydrogen-bond acceptors (Lipinski definition) is 3. The summed E-state index contributed by atoms with van der Waals surface area (Å²) < 4.78 is 40.8. The molecule has 4 nitrogen and oxygen atoms in total. The Bertz CT molecular complexity index is 645. The zero-order valence-electron chi connectivity index (χ0n) is 11.5. The van der Waals surface area contributed by atoms with E-state index in [9.17, 15) is 12.8 Å². The third-order valence-electron chi connectivity index (χ3n) is 4.49. The van der Waals surface area contributed by atoms with Crippen molar-refractivity contribution in [3.63, 3.8) is 0 Å². The molecule has 1 heterocycles. The van der Waals surface area contributed by atoms with Gasteiger partial charge < -0.3 is 5.73 Å². The second-order valence-corrected chi connectivity index (χ2v) is 7.72. The fourth-order valence-electron chi connectivity index (χ4n) is 3.41. The zero-order chi connectivity index (χ0) is 14.5. The van der Waals surface area contributed by atoms with Gasteiger partial charge in [-0.3, -0.25) is 0 Å². The van der Waals surface area contributed by atoms with Crippen molar-refractivity contribution in [3.05, 3.63) is 29.1 Å². The molecule has 2 unspecified atom stereocenters. The van der Waals surface area contributed by atoms with E-state index < -0.39 is 15.8 Å². The van der Waals surface area contributed by atoms with Crippen LogP contribution in [0.1, 0.15) is 30.4 Å². The van der Waals surface area contributed by atoms with Gasteiger partial charge in [-0.1, -0.05) is 0 Å². The first-order valence-corrected chi connectivity index (χ1v) is 8.38. The van der Waals surface area contributed by atoms with Crippen molar-refractivity contribution in [2.75, 3.05) is 6.54 Å². The molecule has 1 aliphatic heterocycles. The molecular weight excluding hydrogens is 279 g/mol. The van der Waals surface area contributed by atoms with Crippen LogP contribution in [0.4, 0.5) is 4.39 Å². The van der Waals surface area contributed by atoms with Crippen LogP contribution in [0.2, 0.25) is 0 Å². The van der Waals surface area contributed by atoms with Gasteiger partial charge in [0.15, 0.2) is 0 Å². The van der Waals surface area contributed by atoms with E-state index >= 15 is 0 Å². The Hall–Kier alpha value is -0.980. The van der Waals surface area contributed by atoms with E-state index in [0.717, 1.165) is 19.3 Å². The second kappa shape index (κ2) is 4.79. The normalized spacial score (nSPS) is 26.4. The van der Waals surface area contributed by atoms with Gasteiger partial charge in [-0.05, 0) is 49.8 Å². The molecule has 2 aliphatic rings. The molecule has 0 spiro atoms. The molecule has 1 aromatic carbocycles. The fourth-order valence-corrected chi connectivity index (χ4v) is 5.29. The van der Waals surface area contributed by atoms with E-state index in [1.54, 1.807) is 11.2 Å². The molecule has 0 amide bonds. The Balaban J connectivity index is 2.01. The van der Waals surface area contributed by atoms with E-state index in [1.165, 1.54) is 12.1 Å². The number of nitrogens with zero attached hydrogens (tertiary/aromatic N) is 1. The molecular formula is C14H19FN2O2S. The lowest BCUT2D eigenvalue weighted by Crippen LogP contribution is -2.37. The van der Waals surface area contributed by atoms with Crippen LogP contribution in [0.25, 0.3) is 0 Å². The van der Waals surface area contributed by atoms with Crippen LogP contribution in [-0.2, 0) is 16.6 Å². The Morgan fingerprint density at radius 3 is 2.70 bits per heavy atom. The number of halogens is 1. The van der Waals surface area contributed by atoms with Crippen LogP contribution in [0, 0.1) is 18.7 Å². The minimum absolute atomic E-state index is 0.00207. The third kappa shape index (κ3) is 2.06. The summed E-state index contributed by atoms with van der Waals surface area (Å²) in [5, 5.41) is 0. The molecule has 2 atom stereocenters. The van der Waals surface area contributed by atoms with Crippen LogP contribution in [-0.4, -0.2) is 25.3 Å². The summed E-state index contributed by atoms with van der Waals surface area (Å²) in [6.07, 6.45) is 3.02. The van der Waals surface area contributed by atoms with E-state index in [0.29, 0.717) is 18.0 Å². The second-order valence-electron chi connectivity index (χ2n) is 5.83. The number of fused-ring (bicyclic) bond motifs is 2. The first kappa shape index (κ1) is 14.0. The van der Waals surface area contributed by atoms with Crippen molar-refractivity contribution in [2.24, 2.45) is 11.7 Å². The number of hydrogen-bond donors (Lipinski definition) is 1. The predicted molar refractivity (Wildman–Crippen MR) is 74.0 cm³/mol. The van der Waals surface area contributed by atoms with Crippen LogP contribution in [0.15, 0.2) is 17.0 Å². The number of sulfonamides is 1. The first-order chi connectivity index (χ1) is 9.43. The highest BCUT2D eigenvalue weighted by Gasteiger charge is 2.44. The van der Waals surface area contributed by atoms with Crippen molar-refractivity contribution >= 4 is 10.0 Å². The highest BCUT2D eigenvalue weighted by atomic mass is 32.2. The molecule has 1 saturated heterocycles. The van der Waals surface area contributed by atoms with Gasteiger partial charge >= 0.3 is 0 Å². The van der Waals surface area contributed by atoms with Gasteiger partial charge in [0.1, 0.15) is 5.82 Å². The summed E-state index contributed by atoms with van der Waals surface area (Å²) in [7, 11) is -3.53. The largest absolute Gasteiger partial charge is 0.326 e. The quantitative estimate of drug-likeness (QED) is 0.925. The maximum Gasteiger partial charge on any atom is 0.243 e. The van der Waals surface area contributed by atoms with Crippen LogP contribution in [0.5, 0.6) is 0 Å². The summed E-state index contributed by atoms with van der Waals surface area (Å²) in [5.41, 5.74) is 6.08. The van der Waals surface area contributed by atoms with Crippen LogP contribution in [0.3, 0.4) is 0 Å². The summed E-state index contributed by atoms with van der Waals surface area (Å²) >= 11 is 0. The van der Waals surface area contributed by atoms with Gasteiger partial charge in [0.25, 0.3) is 0 Å². The number of rotatable bonds is 3. The van der Waals surface area contributed by atoms with E-state index in [1.807, 2.05) is 0 Å². The average Bonchev–Trinajstić information content (AvgIpc) is 3.04. The molecule has 0 aromatic heterocycles. The molecule has 6 heteroatoms. The lowest BCUT2D eigenvalue weighted by Gasteiger charge is -2.26. The van der Waals surface area contributed by atoms with Crippen molar-refractivity contribution < 1.29 is 12.8 Å². The molecule has 0 radical (unpaired) electrons. The molecule has 2 bridgehead atoms. The molecule has 1 aliphatic carbocycles. The third-order valence-corrected chi connectivity index (χ3v) is 6.38. The van der Waals surface area contributed by atoms with Gasteiger partial charge in [-0.15, -0.1) is 0 Å². The Morgan fingerprint density at radius 2 is 2.15 bits per heavy atom. The van der Waals surface area contributed by atoms with E-state index in [4.69, 9.17) is 5.73 Å². The summed E-state index contributed by atoms with van der Waals surface area (Å²) in [4.78, 5) is 0.171. The maximum absolute atomic E-state index is 13.8. The van der Waals surface area contributed by atoms with Crippen molar-refractivity contribution in [3.8, 4) is 0 Å². The molecule has 3 rings (SSSR count). The standard InChI is InChI=1S/C14H19FN2O2S/c1-9-4-13(6-11(7-16)14(9)15)20(18,19)17-8-10-2-3-12(17)5-10/h4,6,10,12H,2-3,5,7-8,16H2,1H3. The fraction of sp³-hybridized carbons (Fsp3) is 0.571. The molecule has 20 heavy (non-hydrogen) atoms. The first-order valence-electron chi connectivity index (χ1n) is 6.94. The smallest absolute Gasteiger partial charge is 0.243 e. The molecule has 1 aromatic rings. The molecule has 1 saturated carbocycles. The minimum Gasteiger partial charge on any atom is -0.326 e. The van der Waals surface area contributed by atoms with Gasteiger partial charge in [-0.25, -0.2) is 12.8 Å². The summed E-state index contributed by atoms with van der Waals surface area (Å²) in [5.74, 6) is 0.0830. The lowest BCUT2D eigenvalue weighted by atomic mass is 10.1. The van der Waals surface area contributed by atoms with Crippen LogP contribution >= 0.6 is 0 Å². The number of benzene rings is 1. The number of nitrogens with two attached hydrogens (primary N) is 1. The SMILES string of the molecule is Cc1cc(S(=O)(=O)N2CC3CCC2C3)cc(CN)c1F. The molecule has 2 fully saturated rings. The highest BCUT2D eigenvalue weighted by molar-refractivity contribution is 7.89. The van der Waals surface area contributed by atoms with Gasteiger partial charge in [-0.2, -0.15) is 4.31 Å². The van der Waals surface area contributed by atoms with E-state index in [-0.39, 0.29) is 23.0 Å². The zero-order valence-corrected chi connectivity index (χ0v) is 12.3. The topological polar surface area (TPSA) is 63.4 Å². The van der Waals surface area contributed by atoms with Crippen molar-refractivity contribution in [2.45, 2.75) is 43.7 Å². The summed E-state index contributed by atoms with van der Waals surface area (Å²) in [6.45, 7) is 2.17. The van der Waals surface area contributed by atoms with Crippen molar-refractivity contribution in [1.82, 2.24) is 4.31 Å². The summed E-state index contributed by atoms with van der Waals surface area (Å²) in [6, 6.07) is 2.91. The monoisotopic (exact) mass is 298 g/mol. The lowest BCUT2D eigenvalue weighted by molar-refractivity contribution is 0.333. The Kier molecular flexibility index (Phi) is 3.35. The minimum atomic E-state index is -3.53. The predicted octanol–water partition coefficient (Wildman–Crippen LogP) is 1.77. The molecule has 2 N–H and O–H groups in total. The Morgan fingerprint density at radius 1 is 1.40 bits per heavy atom. The average molecular weight is 298 g/mol. The van der Waals surface area contributed by atoms with Crippen molar-refractivity contribution in [1.29, 1.82) is 0 Å². The Labute approximate surface area is 118 Å². The maximum atomic E-state index is 13.8. The van der Waals surface area contributed by atoms with Crippen LogP contribution < -0.4 is 5.73 Å². The van der Waals surface area contributed by atoms with E-state index in [2.05, 4.69) is 0 Å².